The molecule has 52 heavy (non-hydrogen) atoms. The molecule has 0 rings (SSSR count). The van der Waals surface area contributed by atoms with Gasteiger partial charge in [-0.3, -0.25) is 19.2 Å². The van der Waals surface area contributed by atoms with Crippen LogP contribution in [0.5, 0.6) is 0 Å². The molecule has 0 spiro atoms. The summed E-state index contributed by atoms with van der Waals surface area (Å²) < 4.78 is 16.2. The van der Waals surface area contributed by atoms with Crippen LogP contribution >= 0.6 is 0 Å². The average Bonchev–Trinajstić information content (AvgIpc) is 2.98. The summed E-state index contributed by atoms with van der Waals surface area (Å²) in [5.74, 6) is -3.49. The average molecular weight is 743 g/mol. The van der Waals surface area contributed by atoms with Crippen LogP contribution in [-0.4, -0.2) is 69.7 Å². The number of carboxylic acid groups (broad SMARTS) is 1. The van der Waals surface area contributed by atoms with E-state index in [1.165, 1.54) is 44.9 Å². The normalized spacial score (nSPS) is 13.1. The Morgan fingerprint density at radius 1 is 0.462 bits per heavy atom. The summed E-state index contributed by atoms with van der Waals surface area (Å²) in [4.78, 5) is 73.9. The Bertz CT molecular complexity index is 1090. The van der Waals surface area contributed by atoms with Gasteiger partial charge in [0.2, 0.25) is 11.8 Å². The van der Waals surface area contributed by atoms with Gasteiger partial charge in [0.05, 0.1) is 0 Å². The second-order valence-electron chi connectivity index (χ2n) is 16.8. The Kier molecular flexibility index (Phi) is 24.2. The molecule has 0 aliphatic heterocycles. The molecule has 2 atom stereocenters. The van der Waals surface area contributed by atoms with E-state index in [0.29, 0.717) is 12.8 Å². The number of hydrogen-bond donors (Lipinski definition) is 3. The molecule has 0 fully saturated rings. The van der Waals surface area contributed by atoms with Crippen LogP contribution in [0.25, 0.3) is 0 Å². The van der Waals surface area contributed by atoms with Crippen molar-refractivity contribution in [3.05, 3.63) is 0 Å². The molecular weight excluding hydrogens is 668 g/mol. The number of ether oxygens (including phenoxy) is 3. The van der Waals surface area contributed by atoms with Crippen molar-refractivity contribution in [2.75, 3.05) is 0 Å². The molecule has 0 aromatic rings. The van der Waals surface area contributed by atoms with Crippen LogP contribution in [0.2, 0.25) is 0 Å². The first-order chi connectivity index (χ1) is 24.1. The standard InChI is InChI=1S/C40H72N2O10.H2/c1-38(2,3)50-35(47)25-23-21-19-17-15-13-11-10-12-14-16-18-20-22-24-32(43)41-30(36(48)51-39(4,5)6)26-28-33(44)42-31(27-29-34(45)46)37(49)52-40(7,8)9;/h30-31H,10-29H2,1-9H3,(H,41,43)(H,42,44)(H,45,46);1H/t30-,31-;/m0./s1. The number of hydrogen-bond acceptors (Lipinski definition) is 9. The number of esters is 3. The van der Waals surface area contributed by atoms with Gasteiger partial charge in [0, 0.05) is 27.1 Å². The number of rotatable bonds is 27. The molecule has 304 valence electrons. The second kappa shape index (κ2) is 25.7. The van der Waals surface area contributed by atoms with Gasteiger partial charge in [0.1, 0.15) is 28.9 Å². The number of carboxylic acids is 1. The third-order valence-electron chi connectivity index (χ3n) is 7.81. The Morgan fingerprint density at radius 2 is 0.769 bits per heavy atom. The largest absolute Gasteiger partial charge is 0.481 e. The minimum absolute atomic E-state index is 0. The summed E-state index contributed by atoms with van der Waals surface area (Å²) in [7, 11) is 0. The summed E-state index contributed by atoms with van der Waals surface area (Å²) >= 11 is 0. The minimum atomic E-state index is -1.16. The zero-order chi connectivity index (χ0) is 39.8. The molecule has 0 aliphatic rings. The van der Waals surface area contributed by atoms with Crippen LogP contribution in [0.3, 0.4) is 0 Å². The summed E-state index contributed by atoms with van der Waals surface area (Å²) in [5, 5.41) is 14.3. The van der Waals surface area contributed by atoms with Crippen LogP contribution in [0.15, 0.2) is 0 Å². The van der Waals surface area contributed by atoms with Crippen molar-refractivity contribution in [3.63, 3.8) is 0 Å². The van der Waals surface area contributed by atoms with Crippen molar-refractivity contribution < 1.29 is 49.5 Å². The molecule has 0 aromatic carbocycles. The number of aliphatic carboxylic acids is 1. The third kappa shape index (κ3) is 30.4. The summed E-state index contributed by atoms with van der Waals surface area (Å²) in [6.07, 6.45) is 15.4. The topological polar surface area (TPSA) is 174 Å². The number of nitrogens with one attached hydrogen (secondary N) is 2. The molecule has 0 bridgehead atoms. The quantitative estimate of drug-likeness (QED) is 0.0424. The Hall–Kier alpha value is -3.18. The van der Waals surface area contributed by atoms with E-state index in [9.17, 15) is 28.8 Å². The van der Waals surface area contributed by atoms with Crippen molar-refractivity contribution in [3.8, 4) is 0 Å². The van der Waals surface area contributed by atoms with Gasteiger partial charge in [0.25, 0.3) is 0 Å². The lowest BCUT2D eigenvalue weighted by molar-refractivity contribution is -0.160. The third-order valence-corrected chi connectivity index (χ3v) is 7.81. The molecular formula is C40H74N2O10. The lowest BCUT2D eigenvalue weighted by Gasteiger charge is -2.25. The van der Waals surface area contributed by atoms with Gasteiger partial charge in [-0.2, -0.15) is 0 Å². The highest BCUT2D eigenvalue weighted by Crippen LogP contribution is 2.17. The summed E-state index contributed by atoms with van der Waals surface area (Å²) in [5.41, 5.74) is -2.04. The van der Waals surface area contributed by atoms with E-state index >= 15 is 0 Å². The van der Waals surface area contributed by atoms with Crippen molar-refractivity contribution in [1.82, 2.24) is 10.6 Å². The SMILES string of the molecule is CC(C)(C)OC(=O)CCCCCCCCCCCCCCCCC(=O)N[C@@H](CCC(=O)N[C@@H](CCC(=O)O)C(=O)OC(C)(C)C)C(=O)OC(C)(C)C.[HH]. The highest BCUT2D eigenvalue weighted by atomic mass is 16.6. The van der Waals surface area contributed by atoms with Crippen LogP contribution in [0, 0.1) is 0 Å². The van der Waals surface area contributed by atoms with Gasteiger partial charge in [0.15, 0.2) is 0 Å². The highest BCUT2D eigenvalue weighted by molar-refractivity contribution is 5.87. The molecule has 0 aliphatic carbocycles. The number of carbonyl (C=O) groups is 6. The first-order valence-corrected chi connectivity index (χ1v) is 19.6. The van der Waals surface area contributed by atoms with E-state index in [1.807, 2.05) is 20.8 Å². The number of unbranched alkanes of at least 4 members (excludes halogenated alkanes) is 13. The van der Waals surface area contributed by atoms with Gasteiger partial charge >= 0.3 is 23.9 Å². The maximum absolute atomic E-state index is 12.9. The van der Waals surface area contributed by atoms with Gasteiger partial charge in [-0.05, 0) is 88.0 Å². The van der Waals surface area contributed by atoms with Crippen LogP contribution in [-0.2, 0) is 43.0 Å². The van der Waals surface area contributed by atoms with Gasteiger partial charge < -0.3 is 30.0 Å². The fraction of sp³-hybridized carbons (Fsp3) is 0.850. The monoisotopic (exact) mass is 743 g/mol. The molecule has 3 N–H and O–H groups in total. The van der Waals surface area contributed by atoms with Gasteiger partial charge in [-0.1, -0.05) is 77.0 Å². The molecule has 12 nitrogen and oxygen atoms in total. The molecule has 0 unspecified atom stereocenters. The Morgan fingerprint density at radius 3 is 1.12 bits per heavy atom. The first-order valence-electron chi connectivity index (χ1n) is 19.6. The Balaban J connectivity index is 0. The smallest absolute Gasteiger partial charge is 0.329 e. The predicted octanol–water partition coefficient (Wildman–Crippen LogP) is 8.11. The zero-order valence-corrected chi connectivity index (χ0v) is 33.9. The number of carbonyl (C=O) groups excluding carboxylic acids is 5. The van der Waals surface area contributed by atoms with Crippen molar-refractivity contribution >= 4 is 35.7 Å². The van der Waals surface area contributed by atoms with E-state index in [2.05, 4.69) is 10.6 Å². The van der Waals surface area contributed by atoms with Crippen molar-refractivity contribution in [2.24, 2.45) is 0 Å². The zero-order valence-electron chi connectivity index (χ0n) is 33.9. The summed E-state index contributed by atoms with van der Waals surface area (Å²) in [6, 6.07) is -2.22. The lowest BCUT2D eigenvalue weighted by atomic mass is 10.0. The lowest BCUT2D eigenvalue weighted by Crippen LogP contribution is -2.46. The summed E-state index contributed by atoms with van der Waals surface area (Å²) in [6.45, 7) is 15.8. The predicted molar refractivity (Wildman–Crippen MR) is 203 cm³/mol. The first kappa shape index (κ1) is 48.8. The maximum atomic E-state index is 12.9. The Labute approximate surface area is 315 Å². The van der Waals surface area contributed by atoms with Crippen LogP contribution < -0.4 is 10.6 Å². The fourth-order valence-electron chi connectivity index (χ4n) is 5.39. The van der Waals surface area contributed by atoms with E-state index in [0.717, 1.165) is 38.5 Å². The second-order valence-corrected chi connectivity index (χ2v) is 16.8. The van der Waals surface area contributed by atoms with Crippen molar-refractivity contribution in [2.45, 2.75) is 220 Å². The van der Waals surface area contributed by atoms with Gasteiger partial charge in [-0.25, -0.2) is 9.59 Å². The van der Waals surface area contributed by atoms with Crippen molar-refractivity contribution in [1.29, 1.82) is 0 Å². The molecule has 0 radical (unpaired) electrons. The molecule has 0 saturated heterocycles. The van der Waals surface area contributed by atoms with Crippen LogP contribution in [0.1, 0.15) is 192 Å². The molecule has 12 heteroatoms. The molecule has 0 saturated carbocycles. The molecule has 0 heterocycles. The molecule has 2 amide bonds. The fourth-order valence-corrected chi connectivity index (χ4v) is 5.39. The van der Waals surface area contributed by atoms with Crippen LogP contribution in [0.4, 0.5) is 0 Å². The highest BCUT2D eigenvalue weighted by Gasteiger charge is 2.30. The van der Waals surface area contributed by atoms with E-state index in [-0.39, 0.29) is 45.4 Å². The molecule has 0 aromatic heterocycles. The van der Waals surface area contributed by atoms with E-state index in [1.54, 1.807) is 41.5 Å². The van der Waals surface area contributed by atoms with E-state index in [4.69, 9.17) is 19.3 Å². The minimum Gasteiger partial charge on any atom is -0.481 e. The van der Waals surface area contributed by atoms with Gasteiger partial charge in [-0.15, -0.1) is 0 Å². The maximum Gasteiger partial charge on any atom is 0.329 e. The number of amides is 2. The van der Waals surface area contributed by atoms with E-state index < -0.39 is 52.7 Å².